The fourth-order valence-electron chi connectivity index (χ4n) is 5.54. The van der Waals surface area contributed by atoms with Crippen LogP contribution in [0, 0.1) is 11.8 Å². The number of sulfonamides is 1. The summed E-state index contributed by atoms with van der Waals surface area (Å²) < 4.78 is 45.5. The number of amides is 2. The first-order chi connectivity index (χ1) is 19.6. The van der Waals surface area contributed by atoms with Gasteiger partial charge in [0.1, 0.15) is 6.10 Å². The Bertz CT molecular complexity index is 1350. The molecule has 0 unspecified atom stereocenters. The Labute approximate surface area is 240 Å². The maximum Gasteiger partial charge on any atom is 0.407 e. The van der Waals surface area contributed by atoms with E-state index in [1.165, 1.54) is 16.4 Å². The van der Waals surface area contributed by atoms with Crippen LogP contribution >= 0.6 is 0 Å². The molecular weight excluding hydrogens is 550 g/mol. The van der Waals surface area contributed by atoms with Crippen LogP contribution in [0.3, 0.4) is 0 Å². The number of ether oxygens (including phenoxy) is 3. The third-order valence-electron chi connectivity index (χ3n) is 7.61. The summed E-state index contributed by atoms with van der Waals surface area (Å²) in [4.78, 5) is 24.8. The van der Waals surface area contributed by atoms with E-state index in [1.54, 1.807) is 6.07 Å². The van der Waals surface area contributed by atoms with Crippen LogP contribution in [0.2, 0.25) is 0 Å². The Balaban J connectivity index is 1.33. The predicted octanol–water partition coefficient (Wildman–Crippen LogP) is 2.29. The molecule has 2 amide bonds. The van der Waals surface area contributed by atoms with E-state index in [0.29, 0.717) is 12.3 Å². The minimum atomic E-state index is -4.05. The summed E-state index contributed by atoms with van der Waals surface area (Å²) in [5, 5.41) is 16.9. The number of hydrogen-bond acceptors (Lipinski definition) is 8. The van der Waals surface area contributed by atoms with Crippen LogP contribution in [-0.4, -0.2) is 80.7 Å². The zero-order valence-corrected chi connectivity index (χ0v) is 24.0. The van der Waals surface area contributed by atoms with Gasteiger partial charge in [0, 0.05) is 18.8 Å². The van der Waals surface area contributed by atoms with Crippen molar-refractivity contribution in [2.75, 3.05) is 31.6 Å². The fourth-order valence-corrected chi connectivity index (χ4v) is 7.19. The van der Waals surface area contributed by atoms with E-state index in [1.807, 2.05) is 44.2 Å². The van der Waals surface area contributed by atoms with Crippen LogP contribution in [-0.2, 0) is 41.9 Å². The summed E-state index contributed by atoms with van der Waals surface area (Å²) in [6, 6.07) is 13.1. The van der Waals surface area contributed by atoms with Crippen molar-refractivity contribution in [1.82, 2.24) is 9.62 Å². The highest BCUT2D eigenvalue weighted by molar-refractivity contribution is 7.89. The predicted molar refractivity (Wildman–Crippen MR) is 150 cm³/mol. The maximum atomic E-state index is 13.8. The Morgan fingerprint density at radius 3 is 2.71 bits per heavy atom. The Morgan fingerprint density at radius 1 is 1.17 bits per heavy atom. The molecule has 5 rings (SSSR count). The van der Waals surface area contributed by atoms with E-state index in [4.69, 9.17) is 14.2 Å². The van der Waals surface area contributed by atoms with Gasteiger partial charge in [-0.2, -0.15) is 4.31 Å². The molecule has 0 aliphatic carbocycles. The molecule has 12 heteroatoms. The molecule has 3 aliphatic rings. The van der Waals surface area contributed by atoms with Crippen LogP contribution in [0.1, 0.15) is 31.4 Å². The van der Waals surface area contributed by atoms with Crippen molar-refractivity contribution < 1.29 is 37.3 Å². The molecule has 11 nitrogen and oxygen atoms in total. The summed E-state index contributed by atoms with van der Waals surface area (Å²) in [5.41, 5.74) is 2.06. The summed E-state index contributed by atoms with van der Waals surface area (Å²) in [6.45, 7) is 4.44. The van der Waals surface area contributed by atoms with Crippen molar-refractivity contribution in [1.29, 1.82) is 0 Å². The quantitative estimate of drug-likeness (QED) is 0.363. The minimum Gasteiger partial charge on any atom is -0.443 e. The van der Waals surface area contributed by atoms with E-state index in [9.17, 15) is 23.1 Å². The van der Waals surface area contributed by atoms with E-state index < -0.39 is 34.4 Å². The third-order valence-corrected chi connectivity index (χ3v) is 9.44. The highest BCUT2D eigenvalue weighted by atomic mass is 32.2. The molecule has 0 bridgehead atoms. The monoisotopic (exact) mass is 587 g/mol. The third kappa shape index (κ3) is 6.90. The smallest absolute Gasteiger partial charge is 0.407 e. The number of hydrogen-bond donors (Lipinski definition) is 3. The topological polar surface area (TPSA) is 144 Å². The number of carbonyl (C=O) groups excluding carboxylic acids is 2. The summed E-state index contributed by atoms with van der Waals surface area (Å²) in [7, 11) is -4.05. The lowest BCUT2D eigenvalue weighted by Crippen LogP contribution is -2.51. The molecule has 2 fully saturated rings. The van der Waals surface area contributed by atoms with Crippen LogP contribution in [0.15, 0.2) is 53.4 Å². The number of rotatable bonds is 11. The van der Waals surface area contributed by atoms with Crippen LogP contribution in [0.4, 0.5) is 10.5 Å². The van der Waals surface area contributed by atoms with Gasteiger partial charge in [0.25, 0.3) is 0 Å². The number of carbonyl (C=O) groups is 2. The molecule has 2 aromatic rings. The second-order valence-corrected chi connectivity index (χ2v) is 13.2. The summed E-state index contributed by atoms with van der Waals surface area (Å²) in [5.74, 6) is -0.270. The zero-order chi connectivity index (χ0) is 29.1. The van der Waals surface area contributed by atoms with E-state index in [2.05, 4.69) is 10.6 Å². The second-order valence-electron chi connectivity index (χ2n) is 11.2. The number of aliphatic hydroxyl groups is 1. The molecule has 0 radical (unpaired) electrons. The molecule has 3 N–H and O–H groups in total. The molecular formula is C29H37N3O8S. The lowest BCUT2D eigenvalue weighted by Gasteiger charge is -2.31. The molecule has 2 aromatic carbocycles. The molecule has 0 saturated carbocycles. The van der Waals surface area contributed by atoms with Gasteiger partial charge in [-0.25, -0.2) is 13.2 Å². The Hall–Kier alpha value is -3.03. The summed E-state index contributed by atoms with van der Waals surface area (Å²) in [6.07, 6.45) is -1.61. The van der Waals surface area contributed by atoms with Gasteiger partial charge in [0.15, 0.2) is 6.29 Å². The highest BCUT2D eigenvalue weighted by Gasteiger charge is 2.44. The lowest BCUT2D eigenvalue weighted by atomic mass is 10.0. The minimum absolute atomic E-state index is 0.0212. The van der Waals surface area contributed by atoms with Crippen LogP contribution in [0.25, 0.3) is 0 Å². The van der Waals surface area contributed by atoms with E-state index >= 15 is 0 Å². The molecule has 222 valence electrons. The first-order valence-corrected chi connectivity index (χ1v) is 15.4. The average Bonchev–Trinajstić information content (AvgIpc) is 3.64. The SMILES string of the molecule is CC(C)CN(C[C@@H](O)[C@H](Cc1ccccc1)NC(=O)O[C@H]1CO[C@@H]2OCC[C@@H]21)S(=O)(=O)c1ccc2c(c1)NC(=O)C2. The molecule has 0 aromatic heterocycles. The van der Waals surface area contributed by atoms with Gasteiger partial charge in [0.2, 0.25) is 15.9 Å². The van der Waals surface area contributed by atoms with Crippen molar-refractivity contribution in [2.24, 2.45) is 11.8 Å². The van der Waals surface area contributed by atoms with Crippen LogP contribution in [0.5, 0.6) is 0 Å². The fraction of sp³-hybridized carbons (Fsp3) is 0.517. The number of fused-ring (bicyclic) bond motifs is 2. The first-order valence-electron chi connectivity index (χ1n) is 14.0. The average molecular weight is 588 g/mol. The Kier molecular flexibility index (Phi) is 8.95. The van der Waals surface area contributed by atoms with Gasteiger partial charge in [-0.1, -0.05) is 50.2 Å². The van der Waals surface area contributed by atoms with Gasteiger partial charge >= 0.3 is 6.09 Å². The van der Waals surface area contributed by atoms with Crippen molar-refractivity contribution >= 4 is 27.7 Å². The number of nitrogens with one attached hydrogen (secondary N) is 2. The zero-order valence-electron chi connectivity index (χ0n) is 23.2. The lowest BCUT2D eigenvalue weighted by molar-refractivity contribution is -0.115. The molecule has 3 aliphatic heterocycles. The van der Waals surface area contributed by atoms with Gasteiger partial charge in [-0.3, -0.25) is 4.79 Å². The first kappa shape index (κ1) is 29.5. The Morgan fingerprint density at radius 2 is 1.95 bits per heavy atom. The molecule has 41 heavy (non-hydrogen) atoms. The largest absolute Gasteiger partial charge is 0.443 e. The molecule has 2 saturated heterocycles. The van der Waals surface area contributed by atoms with Crippen molar-refractivity contribution in [3.05, 3.63) is 59.7 Å². The summed E-state index contributed by atoms with van der Waals surface area (Å²) >= 11 is 0. The van der Waals surface area contributed by atoms with Gasteiger partial charge < -0.3 is 30.0 Å². The molecule has 3 heterocycles. The van der Waals surface area contributed by atoms with Gasteiger partial charge in [-0.15, -0.1) is 0 Å². The van der Waals surface area contributed by atoms with E-state index in [-0.39, 0.29) is 61.5 Å². The van der Waals surface area contributed by atoms with Crippen molar-refractivity contribution in [2.45, 2.75) is 62.5 Å². The van der Waals surface area contributed by atoms with Crippen molar-refractivity contribution in [3.8, 4) is 0 Å². The van der Waals surface area contributed by atoms with Gasteiger partial charge in [-0.05, 0) is 42.0 Å². The normalized spacial score (nSPS) is 23.2. The van der Waals surface area contributed by atoms with Crippen molar-refractivity contribution in [3.63, 3.8) is 0 Å². The maximum absolute atomic E-state index is 13.8. The molecule has 0 spiro atoms. The number of aliphatic hydroxyl groups excluding tert-OH is 1. The standard InChI is InChI=1S/C29H37N3O8S/c1-18(2)15-32(41(36,37)21-9-8-20-13-27(34)30-23(20)14-21)16-25(33)24(12-19-6-4-3-5-7-19)31-29(35)40-26-17-39-28-22(26)10-11-38-28/h3-9,14,18,22,24-26,28,33H,10-13,15-17H2,1-2H3,(H,30,34)(H,31,35)/t22-,24+,25-,26+,28+/m1/s1. The number of nitrogens with zero attached hydrogens (tertiary/aromatic N) is 1. The number of benzene rings is 2. The highest BCUT2D eigenvalue weighted by Crippen LogP contribution is 2.33. The van der Waals surface area contributed by atoms with E-state index in [0.717, 1.165) is 17.5 Å². The van der Waals surface area contributed by atoms with Crippen LogP contribution < -0.4 is 10.6 Å². The van der Waals surface area contributed by atoms with Gasteiger partial charge in [0.05, 0.1) is 42.6 Å². The number of anilines is 1. The second kappa shape index (κ2) is 12.5. The molecule has 5 atom stereocenters. The number of alkyl carbamates (subject to hydrolysis) is 1.